The summed E-state index contributed by atoms with van der Waals surface area (Å²) in [4.78, 5) is 12.2. The van der Waals surface area contributed by atoms with Gasteiger partial charge in [0.2, 0.25) is 9.84 Å². The Morgan fingerprint density at radius 1 is 1.04 bits per heavy atom. The highest BCUT2D eigenvalue weighted by Gasteiger charge is 2.39. The zero-order chi connectivity index (χ0) is 16.6. The second-order valence-electron chi connectivity index (χ2n) is 5.25. The average Bonchev–Trinajstić information content (AvgIpc) is 2.75. The summed E-state index contributed by atoms with van der Waals surface area (Å²) in [5, 5.41) is 2.67. The molecule has 3 rings (SSSR count). The predicted octanol–water partition coefficient (Wildman–Crippen LogP) is 3.26. The van der Waals surface area contributed by atoms with E-state index in [0.717, 1.165) is 5.56 Å². The Labute approximate surface area is 139 Å². The van der Waals surface area contributed by atoms with Crippen molar-refractivity contribution in [3.63, 3.8) is 0 Å². The molecular weight excluding hydrogens is 334 g/mol. The molecule has 1 atom stereocenters. The first kappa shape index (κ1) is 15.8. The standard InChI is InChI=1S/C17H14ClNO3S/c1-11(12-7-3-2-4-8-12)19-17(20)16-15(18)13-9-5-6-10-14(13)23(16,21)22/h2-11H,1H3,(H,19,20). The van der Waals surface area contributed by atoms with Crippen molar-refractivity contribution in [1.82, 2.24) is 5.32 Å². The third-order valence-electron chi connectivity index (χ3n) is 3.73. The molecule has 0 radical (unpaired) electrons. The van der Waals surface area contributed by atoms with Gasteiger partial charge in [0.05, 0.1) is 16.0 Å². The Morgan fingerprint density at radius 3 is 2.30 bits per heavy atom. The summed E-state index contributed by atoms with van der Waals surface area (Å²) in [7, 11) is -3.89. The maximum atomic E-state index is 12.6. The quantitative estimate of drug-likeness (QED) is 0.926. The lowest BCUT2D eigenvalue weighted by atomic mass is 10.1. The second kappa shape index (κ2) is 5.83. The molecule has 118 valence electrons. The van der Waals surface area contributed by atoms with Crippen molar-refractivity contribution in [2.75, 3.05) is 0 Å². The van der Waals surface area contributed by atoms with E-state index in [2.05, 4.69) is 5.32 Å². The Bertz CT molecular complexity index is 904. The lowest BCUT2D eigenvalue weighted by molar-refractivity contribution is -0.117. The van der Waals surface area contributed by atoms with Gasteiger partial charge in [-0.3, -0.25) is 4.79 Å². The maximum Gasteiger partial charge on any atom is 0.265 e. The van der Waals surface area contributed by atoms with Crippen molar-refractivity contribution in [2.45, 2.75) is 17.9 Å². The third-order valence-corrected chi connectivity index (χ3v) is 6.10. The molecule has 1 amide bonds. The first-order chi connectivity index (χ1) is 10.9. The van der Waals surface area contributed by atoms with Crippen LogP contribution in [0.3, 0.4) is 0 Å². The zero-order valence-corrected chi connectivity index (χ0v) is 13.9. The summed E-state index contributed by atoms with van der Waals surface area (Å²) >= 11 is 6.16. The molecule has 0 fully saturated rings. The van der Waals surface area contributed by atoms with Gasteiger partial charge < -0.3 is 5.32 Å². The molecule has 6 heteroatoms. The predicted molar refractivity (Wildman–Crippen MR) is 89.4 cm³/mol. The van der Waals surface area contributed by atoms with Crippen molar-refractivity contribution >= 4 is 32.4 Å². The molecule has 23 heavy (non-hydrogen) atoms. The zero-order valence-electron chi connectivity index (χ0n) is 12.3. The molecule has 1 heterocycles. The average molecular weight is 348 g/mol. The molecule has 1 unspecified atom stereocenters. The van der Waals surface area contributed by atoms with Crippen LogP contribution in [0.15, 0.2) is 64.4 Å². The van der Waals surface area contributed by atoms with Crippen LogP contribution in [0.5, 0.6) is 0 Å². The van der Waals surface area contributed by atoms with E-state index in [1.54, 1.807) is 25.1 Å². The van der Waals surface area contributed by atoms with Crippen molar-refractivity contribution in [3.05, 3.63) is 70.6 Å². The minimum absolute atomic E-state index is 0.0293. The maximum absolute atomic E-state index is 12.6. The van der Waals surface area contributed by atoms with Gasteiger partial charge in [0.15, 0.2) is 4.91 Å². The van der Waals surface area contributed by atoms with E-state index in [9.17, 15) is 13.2 Å². The minimum atomic E-state index is -3.89. The van der Waals surface area contributed by atoms with Gasteiger partial charge in [0, 0.05) is 5.56 Å². The molecule has 2 aromatic rings. The topological polar surface area (TPSA) is 63.2 Å². The van der Waals surface area contributed by atoms with Crippen LogP contribution in [0.25, 0.3) is 5.03 Å². The Balaban J connectivity index is 1.93. The van der Waals surface area contributed by atoms with E-state index in [4.69, 9.17) is 11.6 Å². The number of hydrogen-bond donors (Lipinski definition) is 1. The normalized spacial score (nSPS) is 16.8. The van der Waals surface area contributed by atoms with Gasteiger partial charge >= 0.3 is 0 Å². The van der Waals surface area contributed by atoms with Gasteiger partial charge in [-0.15, -0.1) is 0 Å². The molecule has 0 bridgehead atoms. The summed E-state index contributed by atoms with van der Waals surface area (Å²) in [5.74, 6) is -0.692. The number of fused-ring (bicyclic) bond motifs is 1. The third kappa shape index (κ3) is 2.66. The van der Waals surface area contributed by atoms with Gasteiger partial charge in [-0.1, -0.05) is 60.1 Å². The van der Waals surface area contributed by atoms with Crippen molar-refractivity contribution < 1.29 is 13.2 Å². The lowest BCUT2D eigenvalue weighted by Gasteiger charge is -2.14. The number of sulfone groups is 1. The number of rotatable bonds is 3. The van der Waals surface area contributed by atoms with Crippen LogP contribution in [0.4, 0.5) is 0 Å². The molecule has 1 N–H and O–H groups in total. The Morgan fingerprint density at radius 2 is 1.65 bits per heavy atom. The van der Waals surface area contributed by atoms with Crippen LogP contribution in [-0.2, 0) is 14.6 Å². The molecule has 0 saturated heterocycles. The van der Waals surface area contributed by atoms with Crippen molar-refractivity contribution in [1.29, 1.82) is 0 Å². The van der Waals surface area contributed by atoms with Gasteiger partial charge in [-0.2, -0.15) is 0 Å². The van der Waals surface area contributed by atoms with Gasteiger partial charge in [0.25, 0.3) is 5.91 Å². The van der Waals surface area contributed by atoms with Crippen LogP contribution < -0.4 is 5.32 Å². The van der Waals surface area contributed by atoms with E-state index in [0.29, 0.717) is 5.56 Å². The number of halogens is 1. The molecule has 0 aromatic heterocycles. The van der Waals surface area contributed by atoms with E-state index < -0.39 is 15.7 Å². The van der Waals surface area contributed by atoms with Crippen LogP contribution in [0, 0.1) is 0 Å². The Hall–Kier alpha value is -2.11. The summed E-state index contributed by atoms with van der Waals surface area (Å²) in [5.41, 5.74) is 1.25. The van der Waals surface area contributed by atoms with E-state index in [1.165, 1.54) is 6.07 Å². The number of nitrogens with one attached hydrogen (secondary N) is 1. The first-order valence-electron chi connectivity index (χ1n) is 7.03. The van der Waals surface area contributed by atoms with Crippen molar-refractivity contribution in [2.24, 2.45) is 0 Å². The fourth-order valence-electron chi connectivity index (χ4n) is 2.54. The lowest BCUT2D eigenvalue weighted by Crippen LogP contribution is -2.30. The molecule has 0 saturated carbocycles. The van der Waals surface area contributed by atoms with Crippen LogP contribution in [-0.4, -0.2) is 14.3 Å². The number of carbonyl (C=O) groups is 1. The van der Waals surface area contributed by atoms with Crippen LogP contribution in [0.2, 0.25) is 0 Å². The molecule has 0 spiro atoms. The SMILES string of the molecule is CC(NC(=O)C1=C(Cl)c2ccccc2S1(=O)=O)c1ccccc1. The van der Waals surface area contributed by atoms with E-state index in [1.807, 2.05) is 30.3 Å². The second-order valence-corrected chi connectivity index (χ2v) is 7.48. The van der Waals surface area contributed by atoms with Gasteiger partial charge in [0.1, 0.15) is 0 Å². The largest absolute Gasteiger partial charge is 0.345 e. The van der Waals surface area contributed by atoms with Crippen LogP contribution in [0.1, 0.15) is 24.1 Å². The van der Waals surface area contributed by atoms with Gasteiger partial charge in [-0.05, 0) is 18.6 Å². The summed E-state index contributed by atoms with van der Waals surface area (Å²) in [6.45, 7) is 1.79. The highest BCUT2D eigenvalue weighted by atomic mass is 35.5. The fraction of sp³-hybridized carbons (Fsp3) is 0.118. The van der Waals surface area contributed by atoms with Gasteiger partial charge in [-0.25, -0.2) is 8.42 Å². The summed E-state index contributed by atoms with van der Waals surface area (Å²) in [6, 6.07) is 15.3. The van der Waals surface area contributed by atoms with Crippen molar-refractivity contribution in [3.8, 4) is 0 Å². The number of benzene rings is 2. The molecule has 1 aliphatic heterocycles. The van der Waals surface area contributed by atoms with E-state index in [-0.39, 0.29) is 20.9 Å². The molecular formula is C17H14ClNO3S. The fourth-order valence-corrected chi connectivity index (χ4v) is 4.74. The summed E-state index contributed by atoms with van der Waals surface area (Å²) in [6.07, 6.45) is 0. The monoisotopic (exact) mass is 347 g/mol. The number of hydrogen-bond acceptors (Lipinski definition) is 3. The first-order valence-corrected chi connectivity index (χ1v) is 8.89. The molecule has 0 aliphatic carbocycles. The number of amides is 1. The molecule has 1 aliphatic rings. The molecule has 4 nitrogen and oxygen atoms in total. The minimum Gasteiger partial charge on any atom is -0.345 e. The van der Waals surface area contributed by atoms with E-state index >= 15 is 0 Å². The molecule has 2 aromatic carbocycles. The smallest absolute Gasteiger partial charge is 0.265 e. The highest BCUT2D eigenvalue weighted by Crippen LogP contribution is 2.41. The highest BCUT2D eigenvalue weighted by molar-refractivity contribution is 7.97. The van der Waals surface area contributed by atoms with Crippen LogP contribution >= 0.6 is 11.6 Å². The Kier molecular flexibility index (Phi) is 4.00. The number of carbonyl (C=O) groups excluding carboxylic acids is 1. The summed E-state index contributed by atoms with van der Waals surface area (Å²) < 4.78 is 25.1.